The van der Waals surface area contributed by atoms with Crippen molar-refractivity contribution in [1.29, 1.82) is 0 Å². The summed E-state index contributed by atoms with van der Waals surface area (Å²) in [6.45, 7) is 8.94. The Hall–Kier alpha value is -3.59. The van der Waals surface area contributed by atoms with E-state index >= 15 is 0 Å². The standard InChI is InChI=1S/C26H30N4O4S/c1-4-16-30-23(15-10-17-34-22-14-9-6-11-19(22)3)28-29-26(30)35-18-24(31)27-21-13-8-7-12-20(21)25(32)33-5-2/h4,6-9,11-14H,1,5,10,15-18H2,2-3H3,(H,27,31). The number of benzene rings is 2. The van der Waals surface area contributed by atoms with Crippen molar-refractivity contribution >= 4 is 29.3 Å². The van der Waals surface area contributed by atoms with Crippen molar-refractivity contribution in [3.63, 3.8) is 0 Å². The molecule has 1 heterocycles. The first kappa shape index (κ1) is 26.0. The van der Waals surface area contributed by atoms with Crippen molar-refractivity contribution in [3.05, 3.63) is 78.1 Å². The van der Waals surface area contributed by atoms with Crippen molar-refractivity contribution < 1.29 is 19.1 Å². The number of amides is 1. The van der Waals surface area contributed by atoms with Crippen LogP contribution in [0.15, 0.2) is 66.3 Å². The number of hydrogen-bond donors (Lipinski definition) is 1. The highest BCUT2D eigenvalue weighted by Crippen LogP contribution is 2.21. The zero-order valence-corrected chi connectivity index (χ0v) is 20.8. The smallest absolute Gasteiger partial charge is 0.340 e. The SMILES string of the molecule is C=CCn1c(CCCOc2ccccc2C)nnc1SCC(=O)Nc1ccccc1C(=O)OCC. The number of allylic oxidation sites excluding steroid dienone is 1. The number of thioether (sulfide) groups is 1. The van der Waals surface area contributed by atoms with Gasteiger partial charge in [0.1, 0.15) is 11.6 Å². The number of esters is 1. The Morgan fingerprint density at radius 1 is 1.14 bits per heavy atom. The third-order valence-corrected chi connectivity index (χ3v) is 6.00. The van der Waals surface area contributed by atoms with Crippen molar-refractivity contribution in [1.82, 2.24) is 14.8 Å². The lowest BCUT2D eigenvalue weighted by Gasteiger charge is -2.11. The predicted molar refractivity (Wildman–Crippen MR) is 137 cm³/mol. The molecular formula is C26H30N4O4S. The van der Waals surface area contributed by atoms with Crippen LogP contribution in [0.25, 0.3) is 0 Å². The fourth-order valence-corrected chi connectivity index (χ4v) is 4.12. The topological polar surface area (TPSA) is 95.3 Å². The maximum Gasteiger partial charge on any atom is 0.340 e. The molecule has 1 N–H and O–H groups in total. The molecule has 3 aromatic rings. The van der Waals surface area contributed by atoms with E-state index in [1.54, 1.807) is 37.3 Å². The van der Waals surface area contributed by atoms with E-state index in [1.165, 1.54) is 11.8 Å². The minimum Gasteiger partial charge on any atom is -0.493 e. The maximum atomic E-state index is 12.6. The van der Waals surface area contributed by atoms with Crippen LogP contribution in [-0.2, 0) is 22.5 Å². The molecule has 0 aliphatic heterocycles. The molecule has 0 fully saturated rings. The first-order chi connectivity index (χ1) is 17.0. The lowest BCUT2D eigenvalue weighted by Crippen LogP contribution is -2.18. The largest absolute Gasteiger partial charge is 0.493 e. The number of carbonyl (C=O) groups excluding carboxylic acids is 2. The van der Waals surface area contributed by atoms with Crippen LogP contribution in [0.5, 0.6) is 5.75 Å². The highest BCUT2D eigenvalue weighted by atomic mass is 32.2. The Kier molecular flexibility index (Phi) is 9.92. The Morgan fingerprint density at radius 3 is 2.69 bits per heavy atom. The van der Waals surface area contributed by atoms with Gasteiger partial charge in [0.2, 0.25) is 5.91 Å². The quantitative estimate of drug-likeness (QED) is 0.159. The van der Waals surface area contributed by atoms with Crippen LogP contribution in [0.3, 0.4) is 0 Å². The summed E-state index contributed by atoms with van der Waals surface area (Å²) in [7, 11) is 0. The zero-order chi connectivity index (χ0) is 25.0. The van der Waals surface area contributed by atoms with Crippen LogP contribution < -0.4 is 10.1 Å². The molecule has 0 aliphatic carbocycles. The van der Waals surface area contributed by atoms with Gasteiger partial charge >= 0.3 is 5.97 Å². The second kappa shape index (κ2) is 13.3. The average molecular weight is 495 g/mol. The van der Waals surface area contributed by atoms with Gasteiger partial charge in [0.05, 0.1) is 30.2 Å². The fourth-order valence-electron chi connectivity index (χ4n) is 3.35. The molecule has 0 unspecified atom stereocenters. The van der Waals surface area contributed by atoms with E-state index in [2.05, 4.69) is 22.1 Å². The molecule has 3 rings (SSSR count). The molecule has 0 atom stereocenters. The zero-order valence-electron chi connectivity index (χ0n) is 20.0. The third-order valence-electron chi connectivity index (χ3n) is 5.03. The van der Waals surface area contributed by atoms with Crippen LogP contribution in [0.4, 0.5) is 5.69 Å². The van der Waals surface area contributed by atoms with Crippen LogP contribution in [0.2, 0.25) is 0 Å². The Balaban J connectivity index is 1.56. The number of para-hydroxylation sites is 2. The number of hydrogen-bond acceptors (Lipinski definition) is 7. The van der Waals surface area contributed by atoms with Gasteiger partial charge in [-0.05, 0) is 44.0 Å². The van der Waals surface area contributed by atoms with Gasteiger partial charge in [0.25, 0.3) is 0 Å². The monoisotopic (exact) mass is 494 g/mol. The van der Waals surface area contributed by atoms with E-state index in [4.69, 9.17) is 9.47 Å². The van der Waals surface area contributed by atoms with Crippen molar-refractivity contribution in [2.24, 2.45) is 0 Å². The Morgan fingerprint density at radius 2 is 1.91 bits per heavy atom. The number of ether oxygens (including phenoxy) is 2. The molecule has 1 aromatic heterocycles. The highest BCUT2D eigenvalue weighted by molar-refractivity contribution is 7.99. The van der Waals surface area contributed by atoms with Gasteiger partial charge in [-0.25, -0.2) is 4.79 Å². The second-order valence-electron chi connectivity index (χ2n) is 7.62. The summed E-state index contributed by atoms with van der Waals surface area (Å²) >= 11 is 1.28. The molecule has 9 heteroatoms. The van der Waals surface area contributed by atoms with Crippen molar-refractivity contribution in [2.75, 3.05) is 24.3 Å². The predicted octanol–water partition coefficient (Wildman–Crippen LogP) is 4.69. The van der Waals surface area contributed by atoms with Crippen LogP contribution in [-0.4, -0.2) is 45.6 Å². The van der Waals surface area contributed by atoms with Crippen LogP contribution in [0, 0.1) is 6.92 Å². The minimum absolute atomic E-state index is 0.114. The fraction of sp³-hybridized carbons (Fsp3) is 0.308. The highest BCUT2D eigenvalue weighted by Gasteiger charge is 2.16. The molecule has 35 heavy (non-hydrogen) atoms. The number of rotatable bonds is 13. The number of aryl methyl sites for hydroxylation is 2. The van der Waals surface area contributed by atoms with Gasteiger partial charge < -0.3 is 19.4 Å². The van der Waals surface area contributed by atoms with Gasteiger partial charge in [-0.15, -0.1) is 16.8 Å². The molecule has 0 aliphatic rings. The molecular weight excluding hydrogens is 464 g/mol. The number of nitrogens with one attached hydrogen (secondary N) is 1. The second-order valence-corrected chi connectivity index (χ2v) is 8.56. The lowest BCUT2D eigenvalue weighted by molar-refractivity contribution is -0.113. The number of anilines is 1. The van der Waals surface area contributed by atoms with E-state index in [-0.39, 0.29) is 18.3 Å². The molecule has 0 saturated carbocycles. The van der Waals surface area contributed by atoms with Gasteiger partial charge in [-0.2, -0.15) is 0 Å². The molecule has 0 saturated heterocycles. The van der Waals surface area contributed by atoms with Crippen LogP contribution >= 0.6 is 11.8 Å². The average Bonchev–Trinajstić information content (AvgIpc) is 3.23. The summed E-state index contributed by atoms with van der Waals surface area (Å²) < 4.78 is 12.9. The minimum atomic E-state index is -0.474. The summed E-state index contributed by atoms with van der Waals surface area (Å²) in [5, 5.41) is 12.0. The van der Waals surface area contributed by atoms with E-state index in [0.29, 0.717) is 36.0 Å². The summed E-state index contributed by atoms with van der Waals surface area (Å²) in [4.78, 5) is 24.7. The van der Waals surface area contributed by atoms with Crippen molar-refractivity contribution in [2.45, 2.75) is 38.4 Å². The number of carbonyl (C=O) groups is 2. The molecule has 0 radical (unpaired) electrons. The van der Waals surface area contributed by atoms with E-state index in [1.807, 2.05) is 35.8 Å². The van der Waals surface area contributed by atoms with Gasteiger partial charge in [0.15, 0.2) is 5.16 Å². The van der Waals surface area contributed by atoms with Gasteiger partial charge in [-0.1, -0.05) is 48.2 Å². The van der Waals surface area contributed by atoms with Crippen LogP contribution in [0.1, 0.15) is 35.1 Å². The summed E-state index contributed by atoms with van der Waals surface area (Å²) in [6.07, 6.45) is 3.24. The van der Waals surface area contributed by atoms with Gasteiger partial charge in [0, 0.05) is 13.0 Å². The number of aromatic nitrogens is 3. The number of nitrogens with zero attached hydrogens (tertiary/aromatic N) is 3. The molecule has 8 nitrogen and oxygen atoms in total. The first-order valence-corrected chi connectivity index (χ1v) is 12.4. The summed E-state index contributed by atoms with van der Waals surface area (Å²) in [6, 6.07) is 14.7. The molecule has 1 amide bonds. The molecule has 2 aromatic carbocycles. The van der Waals surface area contributed by atoms with Crippen molar-refractivity contribution in [3.8, 4) is 5.75 Å². The normalized spacial score (nSPS) is 10.6. The third kappa shape index (κ3) is 7.45. The summed E-state index contributed by atoms with van der Waals surface area (Å²) in [5.74, 6) is 1.08. The summed E-state index contributed by atoms with van der Waals surface area (Å²) in [5.41, 5.74) is 1.83. The molecule has 0 spiro atoms. The molecule has 184 valence electrons. The molecule has 0 bridgehead atoms. The van der Waals surface area contributed by atoms with E-state index in [0.717, 1.165) is 23.6 Å². The lowest BCUT2D eigenvalue weighted by atomic mass is 10.2. The van der Waals surface area contributed by atoms with E-state index < -0.39 is 5.97 Å². The Labute approximate surface area is 209 Å². The first-order valence-electron chi connectivity index (χ1n) is 11.4. The van der Waals surface area contributed by atoms with E-state index in [9.17, 15) is 9.59 Å². The maximum absolute atomic E-state index is 12.6. The van der Waals surface area contributed by atoms with Gasteiger partial charge in [-0.3, -0.25) is 4.79 Å². The Bertz CT molecular complexity index is 1160.